The first-order valence-corrected chi connectivity index (χ1v) is 8.20. The Labute approximate surface area is 131 Å². The Morgan fingerprint density at radius 3 is 2.55 bits per heavy atom. The average molecular weight is 340 g/mol. The van der Waals surface area contributed by atoms with Gasteiger partial charge in [0.05, 0.1) is 0 Å². The minimum atomic E-state index is 0.138. The number of hydrogen-bond acceptors (Lipinski definition) is 3. The fourth-order valence-electron chi connectivity index (χ4n) is 3.30. The van der Waals surface area contributed by atoms with Crippen LogP contribution >= 0.6 is 15.9 Å². The summed E-state index contributed by atoms with van der Waals surface area (Å²) in [7, 11) is 4.30. The molecule has 3 unspecified atom stereocenters. The van der Waals surface area contributed by atoms with Crippen LogP contribution < -0.4 is 5.73 Å². The van der Waals surface area contributed by atoms with Crippen LogP contribution in [0.3, 0.4) is 0 Å². The number of likely N-dealkylation sites (N-methyl/N-ethyl adjacent to an activating group) is 1. The Hall–Kier alpha value is -0.420. The lowest BCUT2D eigenvalue weighted by Gasteiger charge is -2.37. The topological polar surface area (TPSA) is 32.5 Å². The highest BCUT2D eigenvalue weighted by atomic mass is 79.9. The van der Waals surface area contributed by atoms with Gasteiger partial charge >= 0.3 is 0 Å². The highest BCUT2D eigenvalue weighted by Crippen LogP contribution is 2.32. The summed E-state index contributed by atoms with van der Waals surface area (Å²) in [6, 6.07) is 9.69. The molecule has 1 fully saturated rings. The van der Waals surface area contributed by atoms with Gasteiger partial charge in [-0.25, -0.2) is 0 Å². The molecule has 0 aliphatic carbocycles. The first-order chi connectivity index (χ1) is 9.49. The lowest BCUT2D eigenvalue weighted by Crippen LogP contribution is -2.45. The molecular weight excluding hydrogens is 314 g/mol. The molecule has 1 aromatic carbocycles. The van der Waals surface area contributed by atoms with Crippen LogP contribution in [0.25, 0.3) is 0 Å². The summed E-state index contributed by atoms with van der Waals surface area (Å²) in [5.41, 5.74) is 7.64. The third-order valence-corrected chi connectivity index (χ3v) is 4.59. The molecule has 0 radical (unpaired) electrons. The van der Waals surface area contributed by atoms with Crippen molar-refractivity contribution in [1.82, 2.24) is 9.80 Å². The van der Waals surface area contributed by atoms with E-state index in [1.54, 1.807) is 0 Å². The van der Waals surface area contributed by atoms with Crippen molar-refractivity contribution in [3.63, 3.8) is 0 Å². The molecule has 2 N–H and O–H groups in total. The van der Waals surface area contributed by atoms with Crippen molar-refractivity contribution in [3.8, 4) is 0 Å². The summed E-state index contributed by atoms with van der Waals surface area (Å²) < 4.78 is 1.12. The zero-order valence-electron chi connectivity index (χ0n) is 12.7. The van der Waals surface area contributed by atoms with E-state index in [2.05, 4.69) is 71.0 Å². The van der Waals surface area contributed by atoms with Gasteiger partial charge in [0.1, 0.15) is 0 Å². The number of likely N-dealkylation sites (tertiary alicyclic amines) is 1. The SMILES string of the molecule is CC(N)C(c1ccc(Br)cc1)N1CCCC1CN(C)C. The fourth-order valence-corrected chi connectivity index (χ4v) is 3.56. The molecule has 1 aromatic rings. The molecule has 3 atom stereocenters. The van der Waals surface area contributed by atoms with E-state index in [0.29, 0.717) is 12.1 Å². The third-order valence-electron chi connectivity index (χ3n) is 4.07. The average Bonchev–Trinajstić information content (AvgIpc) is 2.79. The van der Waals surface area contributed by atoms with Crippen LogP contribution in [-0.2, 0) is 0 Å². The molecule has 112 valence electrons. The highest BCUT2D eigenvalue weighted by Gasteiger charge is 2.33. The van der Waals surface area contributed by atoms with E-state index in [-0.39, 0.29) is 6.04 Å². The van der Waals surface area contributed by atoms with Crippen LogP contribution in [-0.4, -0.2) is 49.1 Å². The maximum atomic E-state index is 6.31. The zero-order valence-corrected chi connectivity index (χ0v) is 14.3. The summed E-state index contributed by atoms with van der Waals surface area (Å²) in [5, 5.41) is 0. The molecule has 1 aliphatic heterocycles. The minimum Gasteiger partial charge on any atom is -0.326 e. The molecule has 0 amide bonds. The van der Waals surface area contributed by atoms with Gasteiger partial charge in [0, 0.05) is 29.1 Å². The lowest BCUT2D eigenvalue weighted by molar-refractivity contribution is 0.137. The Morgan fingerprint density at radius 2 is 2.00 bits per heavy atom. The van der Waals surface area contributed by atoms with Gasteiger partial charge in [-0.15, -0.1) is 0 Å². The zero-order chi connectivity index (χ0) is 14.7. The molecule has 1 aliphatic rings. The second-order valence-corrected chi connectivity index (χ2v) is 7.07. The maximum Gasteiger partial charge on any atom is 0.0499 e. The monoisotopic (exact) mass is 339 g/mol. The molecule has 0 saturated carbocycles. The van der Waals surface area contributed by atoms with Gasteiger partial charge in [0.2, 0.25) is 0 Å². The molecule has 2 rings (SSSR count). The van der Waals surface area contributed by atoms with Gasteiger partial charge in [0.25, 0.3) is 0 Å². The first-order valence-electron chi connectivity index (χ1n) is 7.40. The second-order valence-electron chi connectivity index (χ2n) is 6.15. The Morgan fingerprint density at radius 1 is 1.35 bits per heavy atom. The van der Waals surface area contributed by atoms with Crippen molar-refractivity contribution in [3.05, 3.63) is 34.3 Å². The van der Waals surface area contributed by atoms with Gasteiger partial charge in [-0.2, -0.15) is 0 Å². The van der Waals surface area contributed by atoms with Gasteiger partial charge in [0.15, 0.2) is 0 Å². The van der Waals surface area contributed by atoms with E-state index in [1.165, 1.54) is 18.4 Å². The summed E-state index contributed by atoms with van der Waals surface area (Å²) in [4.78, 5) is 4.89. The van der Waals surface area contributed by atoms with E-state index in [0.717, 1.165) is 17.6 Å². The van der Waals surface area contributed by atoms with Crippen molar-refractivity contribution in [2.24, 2.45) is 5.73 Å². The Kier molecular flexibility index (Phi) is 5.61. The summed E-state index contributed by atoms with van der Waals surface area (Å²) in [6.07, 6.45) is 2.55. The van der Waals surface area contributed by atoms with Crippen LogP contribution in [0.2, 0.25) is 0 Å². The quantitative estimate of drug-likeness (QED) is 0.895. The first kappa shape index (κ1) is 16.0. The van der Waals surface area contributed by atoms with Gasteiger partial charge in [-0.1, -0.05) is 28.1 Å². The normalized spacial score (nSPS) is 23.2. The van der Waals surface area contributed by atoms with Crippen LogP contribution in [0.15, 0.2) is 28.7 Å². The molecule has 1 heterocycles. The number of nitrogens with two attached hydrogens (primary N) is 1. The molecule has 0 bridgehead atoms. The molecule has 0 aromatic heterocycles. The van der Waals surface area contributed by atoms with Gasteiger partial charge in [-0.3, -0.25) is 4.90 Å². The summed E-state index contributed by atoms with van der Waals surface area (Å²) in [5.74, 6) is 0. The third kappa shape index (κ3) is 3.82. The van der Waals surface area contributed by atoms with Crippen molar-refractivity contribution < 1.29 is 0 Å². The molecule has 1 saturated heterocycles. The molecular formula is C16H26BrN3. The van der Waals surface area contributed by atoms with Crippen LogP contribution in [0.1, 0.15) is 31.4 Å². The molecule has 4 heteroatoms. The molecule has 0 spiro atoms. The number of nitrogens with zero attached hydrogens (tertiary/aromatic N) is 2. The van der Waals surface area contributed by atoms with Crippen molar-refractivity contribution in [2.75, 3.05) is 27.2 Å². The summed E-state index contributed by atoms with van der Waals surface area (Å²) >= 11 is 3.51. The van der Waals surface area contributed by atoms with Crippen molar-refractivity contribution in [1.29, 1.82) is 0 Å². The van der Waals surface area contributed by atoms with E-state index >= 15 is 0 Å². The van der Waals surface area contributed by atoms with Crippen LogP contribution in [0, 0.1) is 0 Å². The highest BCUT2D eigenvalue weighted by molar-refractivity contribution is 9.10. The standard InChI is InChI=1S/C16H26BrN3/c1-12(18)16(13-6-8-14(17)9-7-13)20-10-4-5-15(20)11-19(2)3/h6-9,12,15-16H,4-5,10-11,18H2,1-3H3. The smallest absolute Gasteiger partial charge is 0.0499 e. The number of rotatable bonds is 5. The molecule has 3 nitrogen and oxygen atoms in total. The van der Waals surface area contributed by atoms with Gasteiger partial charge in [-0.05, 0) is 58.1 Å². The maximum absolute atomic E-state index is 6.31. The largest absolute Gasteiger partial charge is 0.326 e. The molecule has 20 heavy (non-hydrogen) atoms. The van der Waals surface area contributed by atoms with E-state index in [4.69, 9.17) is 5.73 Å². The Balaban J connectivity index is 2.21. The van der Waals surface area contributed by atoms with E-state index in [9.17, 15) is 0 Å². The van der Waals surface area contributed by atoms with E-state index < -0.39 is 0 Å². The van der Waals surface area contributed by atoms with Gasteiger partial charge < -0.3 is 10.6 Å². The minimum absolute atomic E-state index is 0.138. The lowest BCUT2D eigenvalue weighted by atomic mass is 9.98. The number of hydrogen-bond donors (Lipinski definition) is 1. The predicted octanol–water partition coefficient (Wildman–Crippen LogP) is 2.86. The van der Waals surface area contributed by atoms with Crippen LogP contribution in [0.4, 0.5) is 0 Å². The second kappa shape index (κ2) is 7.03. The van der Waals surface area contributed by atoms with E-state index in [1.807, 2.05) is 0 Å². The van der Waals surface area contributed by atoms with Crippen LogP contribution in [0.5, 0.6) is 0 Å². The number of benzene rings is 1. The Bertz CT molecular complexity index is 416. The summed E-state index contributed by atoms with van der Waals surface area (Å²) in [6.45, 7) is 4.39. The number of halogens is 1. The predicted molar refractivity (Wildman–Crippen MR) is 88.8 cm³/mol. The van der Waals surface area contributed by atoms with Crippen molar-refractivity contribution >= 4 is 15.9 Å². The van der Waals surface area contributed by atoms with Crippen molar-refractivity contribution in [2.45, 2.75) is 37.9 Å². The fraction of sp³-hybridized carbons (Fsp3) is 0.625.